The second-order valence-electron chi connectivity index (χ2n) is 6.11. The number of halogens is 2. The smallest absolute Gasteiger partial charge is 0.287 e. The first-order valence-corrected chi connectivity index (χ1v) is 8.32. The predicted octanol–water partition coefficient (Wildman–Crippen LogP) is 1.22. The van der Waals surface area contributed by atoms with Crippen LogP contribution in [0.25, 0.3) is 22.0 Å². The van der Waals surface area contributed by atoms with Crippen molar-refractivity contribution in [1.29, 1.82) is 0 Å². The van der Waals surface area contributed by atoms with Crippen molar-refractivity contribution in [3.8, 4) is 11.3 Å². The summed E-state index contributed by atoms with van der Waals surface area (Å²) in [7, 11) is 0. The minimum absolute atomic E-state index is 0. The van der Waals surface area contributed by atoms with Crippen molar-refractivity contribution in [2.75, 3.05) is 0 Å². The van der Waals surface area contributed by atoms with Crippen molar-refractivity contribution in [1.82, 2.24) is 4.98 Å². The van der Waals surface area contributed by atoms with Crippen LogP contribution in [0.4, 0.5) is 4.39 Å². The molecule has 0 unspecified atom stereocenters. The molecule has 134 valence electrons. The average Bonchev–Trinajstić information content (AvgIpc) is 2.68. The summed E-state index contributed by atoms with van der Waals surface area (Å²) in [6.07, 6.45) is 3.48. The van der Waals surface area contributed by atoms with Gasteiger partial charge < -0.3 is 17.0 Å². The Balaban J connectivity index is 0.00000210. The zero-order valence-corrected chi connectivity index (χ0v) is 15.9. The molecule has 0 aliphatic rings. The number of hydrogen-bond acceptors (Lipinski definition) is 2. The molecule has 1 aromatic heterocycles. The van der Waals surface area contributed by atoms with Gasteiger partial charge >= 0.3 is 0 Å². The van der Waals surface area contributed by atoms with E-state index in [1.165, 1.54) is 29.7 Å². The van der Waals surface area contributed by atoms with E-state index < -0.39 is 0 Å². The molecule has 0 aliphatic carbocycles. The lowest BCUT2D eigenvalue weighted by atomic mass is 10.1. The van der Waals surface area contributed by atoms with Gasteiger partial charge in [0.25, 0.3) is 6.33 Å². The maximum atomic E-state index is 13.0. The highest BCUT2D eigenvalue weighted by Crippen LogP contribution is 2.22. The van der Waals surface area contributed by atoms with E-state index in [-0.39, 0.29) is 35.1 Å². The summed E-state index contributed by atoms with van der Waals surface area (Å²) in [6.45, 7) is 0.163. The lowest BCUT2D eigenvalue weighted by Crippen LogP contribution is -3.00. The molecule has 4 rings (SSSR count). The monoisotopic (exact) mass is 422 g/mol. The molecule has 0 amide bonds. The average molecular weight is 423 g/mol. The number of hydrogen-bond donors (Lipinski definition) is 0. The molecule has 0 radical (unpaired) electrons. The summed E-state index contributed by atoms with van der Waals surface area (Å²) in [6, 6.07) is 21.9. The first kappa shape index (κ1) is 18.9. The van der Waals surface area contributed by atoms with Crippen molar-refractivity contribution >= 4 is 16.6 Å². The Bertz CT molecular complexity index is 1080. The largest absolute Gasteiger partial charge is 1.00 e. The van der Waals surface area contributed by atoms with Gasteiger partial charge in [0.1, 0.15) is 5.82 Å². The normalized spacial score (nSPS) is 10.4. The van der Waals surface area contributed by atoms with E-state index in [0.717, 1.165) is 16.6 Å². The Morgan fingerprint density at radius 2 is 1.67 bits per heavy atom. The standard InChI is InChI=1S/C22H16FN2O.BrH/c23-20-9-7-17(8-10-20)22(26)14-25-12-11-21(24-15-25)19-6-5-16-3-1-2-4-18(16)13-19;/h1-13,15H,14H2;1H/q+1;/p-1. The van der Waals surface area contributed by atoms with E-state index in [9.17, 15) is 9.18 Å². The second-order valence-corrected chi connectivity index (χ2v) is 6.11. The Labute approximate surface area is 166 Å². The van der Waals surface area contributed by atoms with Gasteiger partial charge in [-0.1, -0.05) is 30.3 Å². The van der Waals surface area contributed by atoms with Gasteiger partial charge in [0.15, 0.2) is 12.2 Å². The van der Waals surface area contributed by atoms with Crippen LogP contribution in [0, 0.1) is 5.82 Å². The summed E-state index contributed by atoms with van der Waals surface area (Å²) in [5, 5.41) is 2.35. The topological polar surface area (TPSA) is 33.8 Å². The molecule has 3 aromatic carbocycles. The molecule has 0 bridgehead atoms. The van der Waals surface area contributed by atoms with Crippen LogP contribution in [0.5, 0.6) is 0 Å². The number of fused-ring (bicyclic) bond motifs is 1. The third-order valence-corrected chi connectivity index (χ3v) is 4.31. The van der Waals surface area contributed by atoms with Crippen LogP contribution in [0.3, 0.4) is 0 Å². The number of benzene rings is 3. The van der Waals surface area contributed by atoms with E-state index in [1.807, 2.05) is 30.5 Å². The number of carbonyl (C=O) groups is 1. The molecule has 0 spiro atoms. The maximum Gasteiger partial charge on any atom is 0.287 e. The molecule has 0 saturated heterocycles. The lowest BCUT2D eigenvalue weighted by molar-refractivity contribution is -0.686. The second kappa shape index (κ2) is 8.18. The number of ketones is 1. The Morgan fingerprint density at radius 3 is 2.37 bits per heavy atom. The highest BCUT2D eigenvalue weighted by atomic mass is 79.9. The minimum Gasteiger partial charge on any atom is -1.00 e. The van der Waals surface area contributed by atoms with Crippen LogP contribution in [0.15, 0.2) is 85.3 Å². The van der Waals surface area contributed by atoms with Gasteiger partial charge in [-0.2, -0.15) is 0 Å². The first-order chi connectivity index (χ1) is 12.7. The highest BCUT2D eigenvalue weighted by Gasteiger charge is 2.12. The molecule has 0 fully saturated rings. The van der Waals surface area contributed by atoms with Gasteiger partial charge in [-0.25, -0.2) is 8.96 Å². The third-order valence-electron chi connectivity index (χ3n) is 4.31. The molecular weight excluding hydrogens is 407 g/mol. The highest BCUT2D eigenvalue weighted by molar-refractivity contribution is 5.95. The van der Waals surface area contributed by atoms with Crippen LogP contribution >= 0.6 is 0 Å². The van der Waals surface area contributed by atoms with Crippen LogP contribution in [0.2, 0.25) is 0 Å². The summed E-state index contributed by atoms with van der Waals surface area (Å²) in [4.78, 5) is 16.7. The van der Waals surface area contributed by atoms with Gasteiger partial charge in [-0.3, -0.25) is 4.79 Å². The van der Waals surface area contributed by atoms with Crippen LogP contribution in [-0.2, 0) is 6.54 Å². The van der Waals surface area contributed by atoms with E-state index >= 15 is 0 Å². The van der Waals surface area contributed by atoms with E-state index in [0.29, 0.717) is 5.56 Å². The molecule has 27 heavy (non-hydrogen) atoms. The Kier molecular flexibility index (Phi) is 5.72. The van der Waals surface area contributed by atoms with E-state index in [1.54, 1.807) is 10.9 Å². The fourth-order valence-electron chi connectivity index (χ4n) is 2.89. The molecule has 5 heteroatoms. The van der Waals surface area contributed by atoms with Crippen molar-refractivity contribution in [2.24, 2.45) is 0 Å². The number of aromatic nitrogens is 2. The quantitative estimate of drug-likeness (QED) is 0.366. The summed E-state index contributed by atoms with van der Waals surface area (Å²) in [5.74, 6) is -0.439. The van der Waals surface area contributed by atoms with Crippen molar-refractivity contribution < 1.29 is 30.7 Å². The van der Waals surface area contributed by atoms with Crippen LogP contribution < -0.4 is 21.5 Å². The molecular formula is C22H16BrFN2O. The molecule has 1 heterocycles. The zero-order chi connectivity index (χ0) is 17.9. The number of carbonyl (C=O) groups excluding carboxylic acids is 1. The lowest BCUT2D eigenvalue weighted by Gasteiger charge is -2.02. The van der Waals surface area contributed by atoms with E-state index in [2.05, 4.69) is 29.2 Å². The maximum absolute atomic E-state index is 13.0. The molecule has 4 aromatic rings. The van der Waals surface area contributed by atoms with Gasteiger partial charge in [-0.05, 0) is 52.2 Å². The predicted molar refractivity (Wildman–Crippen MR) is 98.1 cm³/mol. The van der Waals surface area contributed by atoms with Gasteiger partial charge in [0, 0.05) is 17.2 Å². The van der Waals surface area contributed by atoms with E-state index in [4.69, 9.17) is 0 Å². The first-order valence-electron chi connectivity index (χ1n) is 8.32. The number of rotatable bonds is 4. The molecule has 0 atom stereocenters. The van der Waals surface area contributed by atoms with Crippen molar-refractivity contribution in [3.05, 3.63) is 96.7 Å². The zero-order valence-electron chi connectivity index (χ0n) is 14.3. The SMILES string of the molecule is O=C(C[n+]1ccc(-c2ccc3ccccc3c2)nc1)c1ccc(F)cc1.[Br-]. The minimum atomic E-state index is -0.351. The Morgan fingerprint density at radius 1 is 0.926 bits per heavy atom. The number of Topliss-reactive ketones (excluding diaryl/α,β-unsaturated/α-hetero) is 1. The van der Waals surface area contributed by atoms with Crippen LogP contribution in [-0.4, -0.2) is 10.8 Å². The summed E-state index contributed by atoms with van der Waals surface area (Å²) >= 11 is 0. The fraction of sp³-hybridized carbons (Fsp3) is 0.0455. The fourth-order valence-corrected chi connectivity index (χ4v) is 2.89. The van der Waals surface area contributed by atoms with Crippen LogP contribution in [0.1, 0.15) is 10.4 Å². The number of nitrogens with zero attached hydrogens (tertiary/aromatic N) is 2. The summed E-state index contributed by atoms with van der Waals surface area (Å²) < 4.78 is 14.7. The molecule has 0 N–H and O–H groups in total. The molecule has 0 saturated carbocycles. The third kappa shape index (κ3) is 4.26. The summed E-state index contributed by atoms with van der Waals surface area (Å²) in [5.41, 5.74) is 2.36. The molecule has 0 aliphatic heterocycles. The van der Waals surface area contributed by atoms with Crippen molar-refractivity contribution in [2.45, 2.75) is 6.54 Å². The van der Waals surface area contributed by atoms with Gasteiger partial charge in [0.05, 0.1) is 6.20 Å². The van der Waals surface area contributed by atoms with Gasteiger partial charge in [0.2, 0.25) is 5.78 Å². The van der Waals surface area contributed by atoms with Gasteiger partial charge in [-0.15, -0.1) is 0 Å². The Hall–Kier alpha value is -2.92. The molecule has 3 nitrogen and oxygen atoms in total. The van der Waals surface area contributed by atoms with Crippen molar-refractivity contribution in [3.63, 3.8) is 0 Å².